The van der Waals surface area contributed by atoms with Crippen molar-refractivity contribution in [3.8, 4) is 5.75 Å². The normalized spacial score (nSPS) is 32.7. The number of ether oxygens (including phenoxy) is 1. The van der Waals surface area contributed by atoms with Crippen molar-refractivity contribution >= 4 is 23.3 Å². The van der Waals surface area contributed by atoms with Crippen molar-refractivity contribution < 1.29 is 19.1 Å². The summed E-state index contributed by atoms with van der Waals surface area (Å²) in [7, 11) is 0. The van der Waals surface area contributed by atoms with Gasteiger partial charge in [-0.25, -0.2) is 4.90 Å². The molecule has 0 aromatic heterocycles. The number of benzene rings is 2. The van der Waals surface area contributed by atoms with Crippen LogP contribution in [0.5, 0.6) is 5.75 Å². The number of carbonyl (C=O) groups excluding carboxylic acids is 3. The van der Waals surface area contributed by atoms with Crippen LogP contribution in [0.1, 0.15) is 16.8 Å². The topological polar surface area (TPSA) is 63.7 Å². The quantitative estimate of drug-likeness (QED) is 0.439. The molecule has 6 atom stereocenters. The Kier molecular flexibility index (Phi) is 3.76. The van der Waals surface area contributed by atoms with E-state index >= 15 is 0 Å². The minimum atomic E-state index is -0.222. The Bertz CT molecular complexity index is 1060. The fraction of sp³-hybridized carbons (Fsp3) is 0.320. The fourth-order valence-electron chi connectivity index (χ4n) is 5.78. The Morgan fingerprint density at radius 3 is 2.23 bits per heavy atom. The van der Waals surface area contributed by atoms with Crippen LogP contribution in [-0.4, -0.2) is 24.2 Å². The van der Waals surface area contributed by atoms with Gasteiger partial charge in [-0.2, -0.15) is 0 Å². The first-order valence-electron chi connectivity index (χ1n) is 10.5. The minimum absolute atomic E-state index is 0.0905. The number of hydrogen-bond donors (Lipinski definition) is 0. The van der Waals surface area contributed by atoms with Crippen LogP contribution in [-0.2, 0) is 9.59 Å². The molecule has 2 aromatic carbocycles. The molecule has 0 unspecified atom stereocenters. The zero-order chi connectivity index (χ0) is 20.4. The second-order valence-electron chi connectivity index (χ2n) is 8.74. The lowest BCUT2D eigenvalue weighted by atomic mass is 9.63. The molecular formula is C25H21NO4. The predicted molar refractivity (Wildman–Crippen MR) is 110 cm³/mol. The monoisotopic (exact) mass is 399 g/mol. The standard InChI is InChI=1S/C25H21NO4/c27-21(14-5-2-1-3-6-14)13-30-16-8-4-7-15(11-16)26-24(28)22-17-9-10-18(20-12-19(17)20)23(22)25(26)29/h1-11,17-20,22-23H,12-13H2/t17-,18-,19-,20+,22-,23-/m1/s1. The fourth-order valence-corrected chi connectivity index (χ4v) is 5.78. The molecule has 0 radical (unpaired) electrons. The number of hydrogen-bond acceptors (Lipinski definition) is 4. The second kappa shape index (κ2) is 6.39. The summed E-state index contributed by atoms with van der Waals surface area (Å²) in [6.07, 6.45) is 5.49. The maximum absolute atomic E-state index is 13.2. The molecule has 4 aliphatic carbocycles. The third-order valence-electron chi connectivity index (χ3n) is 7.20. The lowest BCUT2D eigenvalue weighted by molar-refractivity contribution is -0.124. The molecule has 5 nitrogen and oxygen atoms in total. The molecule has 2 saturated carbocycles. The number of amides is 2. The van der Waals surface area contributed by atoms with Gasteiger partial charge in [0.15, 0.2) is 12.4 Å². The van der Waals surface area contributed by atoms with Crippen molar-refractivity contribution in [2.45, 2.75) is 6.42 Å². The largest absolute Gasteiger partial charge is 0.485 e. The lowest BCUT2D eigenvalue weighted by Gasteiger charge is -2.37. The highest BCUT2D eigenvalue weighted by molar-refractivity contribution is 6.22. The maximum atomic E-state index is 13.2. The molecule has 5 aliphatic rings. The molecule has 1 saturated heterocycles. The molecule has 7 rings (SSSR count). The van der Waals surface area contributed by atoms with Crippen molar-refractivity contribution in [1.29, 1.82) is 0 Å². The van der Waals surface area contributed by atoms with Gasteiger partial charge in [0.05, 0.1) is 17.5 Å². The smallest absolute Gasteiger partial charge is 0.238 e. The summed E-state index contributed by atoms with van der Waals surface area (Å²) < 4.78 is 5.68. The van der Waals surface area contributed by atoms with E-state index in [9.17, 15) is 14.4 Å². The molecule has 3 fully saturated rings. The van der Waals surface area contributed by atoms with E-state index in [1.165, 1.54) is 4.90 Å². The zero-order valence-corrected chi connectivity index (χ0v) is 16.3. The highest BCUT2D eigenvalue weighted by Crippen LogP contribution is 2.65. The summed E-state index contributed by atoms with van der Waals surface area (Å²) in [5.41, 5.74) is 1.11. The van der Waals surface area contributed by atoms with Gasteiger partial charge in [0, 0.05) is 11.6 Å². The lowest BCUT2D eigenvalue weighted by Crippen LogP contribution is -2.40. The van der Waals surface area contributed by atoms with E-state index in [1.54, 1.807) is 36.4 Å². The molecule has 2 bridgehead atoms. The maximum Gasteiger partial charge on any atom is 0.238 e. The van der Waals surface area contributed by atoms with Crippen molar-refractivity contribution in [2.75, 3.05) is 11.5 Å². The first kappa shape index (κ1) is 17.6. The average Bonchev–Trinajstić information content (AvgIpc) is 3.56. The average molecular weight is 399 g/mol. The SMILES string of the molecule is O=C(COc1cccc(N2C(=O)[C@@H]3[C@@H]4C=C[C@H]([C@@H]5C[C@H]45)[C@H]3C2=O)c1)c1ccccc1. The first-order valence-corrected chi connectivity index (χ1v) is 10.5. The van der Waals surface area contributed by atoms with Gasteiger partial charge in [0.1, 0.15) is 5.75 Å². The van der Waals surface area contributed by atoms with Crippen LogP contribution >= 0.6 is 0 Å². The van der Waals surface area contributed by atoms with Crippen LogP contribution in [0.15, 0.2) is 66.7 Å². The zero-order valence-electron chi connectivity index (χ0n) is 16.3. The molecule has 5 heteroatoms. The van der Waals surface area contributed by atoms with Crippen LogP contribution in [0.3, 0.4) is 0 Å². The number of rotatable bonds is 5. The molecule has 2 aromatic rings. The Morgan fingerprint density at radius 2 is 1.57 bits per heavy atom. The van der Waals surface area contributed by atoms with Gasteiger partial charge in [0.2, 0.25) is 11.8 Å². The summed E-state index contributed by atoms with van der Waals surface area (Å²) in [4.78, 5) is 40.1. The van der Waals surface area contributed by atoms with E-state index < -0.39 is 0 Å². The van der Waals surface area contributed by atoms with Crippen LogP contribution in [0.4, 0.5) is 5.69 Å². The van der Waals surface area contributed by atoms with Gasteiger partial charge in [-0.1, -0.05) is 48.6 Å². The van der Waals surface area contributed by atoms with Gasteiger partial charge in [-0.15, -0.1) is 0 Å². The summed E-state index contributed by atoms with van der Waals surface area (Å²) in [5, 5.41) is 0. The van der Waals surface area contributed by atoms with Gasteiger partial charge in [-0.3, -0.25) is 14.4 Å². The number of carbonyl (C=O) groups is 3. The molecule has 30 heavy (non-hydrogen) atoms. The number of nitrogens with zero attached hydrogens (tertiary/aromatic N) is 1. The van der Waals surface area contributed by atoms with Crippen LogP contribution in [0, 0.1) is 35.5 Å². The van der Waals surface area contributed by atoms with E-state index in [1.807, 2.05) is 18.2 Å². The van der Waals surface area contributed by atoms with Crippen molar-refractivity contribution in [3.05, 3.63) is 72.3 Å². The Morgan fingerprint density at radius 1 is 0.900 bits per heavy atom. The Balaban J connectivity index is 1.22. The molecule has 0 spiro atoms. The van der Waals surface area contributed by atoms with Gasteiger partial charge in [0.25, 0.3) is 0 Å². The third kappa shape index (κ3) is 2.51. The van der Waals surface area contributed by atoms with E-state index in [2.05, 4.69) is 12.2 Å². The van der Waals surface area contributed by atoms with Crippen molar-refractivity contribution in [3.63, 3.8) is 0 Å². The summed E-state index contributed by atoms with van der Waals surface area (Å²) in [6, 6.07) is 15.9. The van der Waals surface area contributed by atoms with Gasteiger partial charge >= 0.3 is 0 Å². The first-order chi connectivity index (χ1) is 14.6. The molecule has 0 N–H and O–H groups in total. The Labute approximate surface area is 174 Å². The molecule has 2 amide bonds. The predicted octanol–water partition coefficient (Wildman–Crippen LogP) is 3.51. The molecule has 1 aliphatic heterocycles. The number of allylic oxidation sites excluding steroid dienone is 2. The number of anilines is 1. The number of Topliss-reactive ketones (excluding diaryl/α,β-unsaturated/α-hetero) is 1. The number of imide groups is 1. The van der Waals surface area contributed by atoms with Crippen LogP contribution in [0.2, 0.25) is 0 Å². The van der Waals surface area contributed by atoms with E-state index in [0.717, 1.165) is 6.42 Å². The molecule has 1 heterocycles. The number of ketones is 1. The van der Waals surface area contributed by atoms with Gasteiger partial charge in [-0.05, 0) is 42.2 Å². The van der Waals surface area contributed by atoms with E-state index in [4.69, 9.17) is 4.74 Å². The van der Waals surface area contributed by atoms with E-state index in [-0.39, 0.29) is 47.9 Å². The highest BCUT2D eigenvalue weighted by atomic mass is 16.5. The summed E-state index contributed by atoms with van der Waals surface area (Å²) in [5.74, 6) is 1.29. The second-order valence-corrected chi connectivity index (χ2v) is 8.74. The summed E-state index contributed by atoms with van der Waals surface area (Å²) in [6.45, 7) is -0.0992. The van der Waals surface area contributed by atoms with Crippen LogP contribution in [0.25, 0.3) is 0 Å². The van der Waals surface area contributed by atoms with Crippen LogP contribution < -0.4 is 9.64 Å². The highest BCUT2D eigenvalue weighted by Gasteiger charge is 2.67. The Hall–Kier alpha value is -3.21. The summed E-state index contributed by atoms with van der Waals surface area (Å²) >= 11 is 0. The molecule has 150 valence electrons. The molecular weight excluding hydrogens is 378 g/mol. The van der Waals surface area contributed by atoms with Crippen molar-refractivity contribution in [1.82, 2.24) is 0 Å². The minimum Gasteiger partial charge on any atom is -0.485 e. The third-order valence-corrected chi connectivity index (χ3v) is 7.20. The van der Waals surface area contributed by atoms with E-state index in [0.29, 0.717) is 28.8 Å². The van der Waals surface area contributed by atoms with Crippen molar-refractivity contribution in [2.24, 2.45) is 35.5 Å². The van der Waals surface area contributed by atoms with Gasteiger partial charge < -0.3 is 4.74 Å².